The van der Waals surface area contributed by atoms with Crippen molar-refractivity contribution < 1.29 is 22.3 Å². The summed E-state index contributed by atoms with van der Waals surface area (Å²) in [5, 5.41) is 4.92. The van der Waals surface area contributed by atoms with Crippen LogP contribution in [0.4, 0.5) is 4.39 Å². The number of carbonyl (C=O) groups excluding carboxylic acids is 1. The van der Waals surface area contributed by atoms with Crippen LogP contribution in [0.5, 0.6) is 0 Å². The van der Waals surface area contributed by atoms with Gasteiger partial charge in [-0.15, -0.1) is 0 Å². The maximum atomic E-state index is 13.6. The van der Waals surface area contributed by atoms with Crippen LogP contribution in [-0.4, -0.2) is 21.0 Å². The van der Waals surface area contributed by atoms with Gasteiger partial charge in [-0.2, -0.15) is 0 Å². The Kier molecular flexibility index (Phi) is 3.84. The summed E-state index contributed by atoms with van der Waals surface area (Å²) < 4.78 is 40.5. The second-order valence-electron chi connectivity index (χ2n) is 3.37. The molecule has 1 rings (SSSR count). The van der Waals surface area contributed by atoms with Crippen LogP contribution in [0.3, 0.4) is 0 Å². The largest absolute Gasteiger partial charge is 0.462 e. The van der Waals surface area contributed by atoms with E-state index in [4.69, 9.17) is 5.14 Å². The van der Waals surface area contributed by atoms with Gasteiger partial charge >= 0.3 is 5.97 Å². The zero-order chi connectivity index (χ0) is 13.2. The molecule has 0 aliphatic carbocycles. The Morgan fingerprint density at radius 2 is 2.06 bits per heavy atom. The fourth-order valence-electron chi connectivity index (χ4n) is 1.26. The first-order valence-electron chi connectivity index (χ1n) is 4.77. The molecule has 0 aliphatic heterocycles. The summed E-state index contributed by atoms with van der Waals surface area (Å²) in [6.45, 7) is 2.97. The van der Waals surface area contributed by atoms with Gasteiger partial charge in [-0.1, -0.05) is 0 Å². The third-order valence-electron chi connectivity index (χ3n) is 2.05. The highest BCUT2D eigenvalue weighted by molar-refractivity contribution is 7.89. The summed E-state index contributed by atoms with van der Waals surface area (Å²) in [6, 6.07) is 1.93. The summed E-state index contributed by atoms with van der Waals surface area (Å²) in [5.41, 5.74) is -0.421. The number of rotatable bonds is 3. The highest BCUT2D eigenvalue weighted by atomic mass is 32.2. The van der Waals surface area contributed by atoms with Crippen molar-refractivity contribution in [3.05, 3.63) is 29.1 Å². The lowest BCUT2D eigenvalue weighted by atomic mass is 10.1. The van der Waals surface area contributed by atoms with E-state index in [1.54, 1.807) is 6.92 Å². The molecule has 0 amide bonds. The number of sulfonamides is 1. The molecule has 7 heteroatoms. The standard InChI is InChI=1S/C10H12FNO4S/c1-3-16-10(13)8-5-7(17(12,14)15)4-6(2)9(8)11/h4-5H,3H2,1-2H3,(H2,12,14,15). The SMILES string of the molecule is CCOC(=O)c1cc(S(N)(=O)=O)cc(C)c1F. The quantitative estimate of drug-likeness (QED) is 0.821. The summed E-state index contributed by atoms with van der Waals surface area (Å²) in [4.78, 5) is 11.1. The van der Waals surface area contributed by atoms with E-state index < -0.39 is 27.4 Å². The predicted molar refractivity (Wildman–Crippen MR) is 58.5 cm³/mol. The Bertz CT molecular complexity index is 554. The number of hydrogen-bond donors (Lipinski definition) is 1. The lowest BCUT2D eigenvalue weighted by Crippen LogP contribution is -2.15. The van der Waals surface area contributed by atoms with Crippen molar-refractivity contribution in [2.45, 2.75) is 18.7 Å². The van der Waals surface area contributed by atoms with Crippen molar-refractivity contribution in [1.29, 1.82) is 0 Å². The Morgan fingerprint density at radius 3 is 2.53 bits per heavy atom. The fraction of sp³-hybridized carbons (Fsp3) is 0.300. The average molecular weight is 261 g/mol. The van der Waals surface area contributed by atoms with Crippen molar-refractivity contribution in [2.75, 3.05) is 6.61 Å². The maximum Gasteiger partial charge on any atom is 0.341 e. The molecular formula is C10H12FNO4S. The second-order valence-corrected chi connectivity index (χ2v) is 4.93. The summed E-state index contributed by atoms with van der Waals surface area (Å²) in [5.74, 6) is -1.73. The van der Waals surface area contributed by atoms with Crippen LogP contribution in [0.15, 0.2) is 17.0 Å². The molecular weight excluding hydrogens is 249 g/mol. The molecule has 1 aromatic rings. The minimum atomic E-state index is -3.99. The van der Waals surface area contributed by atoms with E-state index in [2.05, 4.69) is 4.74 Å². The third kappa shape index (κ3) is 3.01. The van der Waals surface area contributed by atoms with E-state index in [-0.39, 0.29) is 17.1 Å². The molecule has 0 aromatic heterocycles. The van der Waals surface area contributed by atoms with Crippen LogP contribution in [0, 0.1) is 12.7 Å². The predicted octanol–water partition coefficient (Wildman–Crippen LogP) is 0.958. The number of aryl methyl sites for hydroxylation is 1. The van der Waals surface area contributed by atoms with Crippen LogP contribution < -0.4 is 5.14 Å². The first-order chi connectivity index (χ1) is 7.77. The fourth-order valence-corrected chi connectivity index (χ4v) is 1.88. The van der Waals surface area contributed by atoms with Gasteiger partial charge in [0.05, 0.1) is 17.1 Å². The maximum absolute atomic E-state index is 13.6. The van der Waals surface area contributed by atoms with Crippen molar-refractivity contribution in [2.24, 2.45) is 5.14 Å². The molecule has 0 aliphatic rings. The molecule has 0 saturated carbocycles. The van der Waals surface area contributed by atoms with E-state index in [1.807, 2.05) is 0 Å². The number of nitrogens with two attached hydrogens (primary N) is 1. The first kappa shape index (κ1) is 13.6. The molecule has 2 N–H and O–H groups in total. The van der Waals surface area contributed by atoms with Crippen LogP contribution >= 0.6 is 0 Å². The Morgan fingerprint density at radius 1 is 1.47 bits per heavy atom. The lowest BCUT2D eigenvalue weighted by Gasteiger charge is -2.07. The number of hydrogen-bond acceptors (Lipinski definition) is 4. The molecule has 0 spiro atoms. The van der Waals surface area contributed by atoms with Gasteiger partial charge in [0.2, 0.25) is 10.0 Å². The van der Waals surface area contributed by atoms with E-state index in [9.17, 15) is 17.6 Å². The highest BCUT2D eigenvalue weighted by Gasteiger charge is 2.19. The van der Waals surface area contributed by atoms with Gasteiger partial charge in [0, 0.05) is 0 Å². The highest BCUT2D eigenvalue weighted by Crippen LogP contribution is 2.19. The number of halogens is 1. The molecule has 0 fully saturated rings. The van der Waals surface area contributed by atoms with Gasteiger partial charge in [0.1, 0.15) is 5.82 Å². The van der Waals surface area contributed by atoms with Crippen LogP contribution in [0.2, 0.25) is 0 Å². The minimum absolute atomic E-state index is 0.0135. The van der Waals surface area contributed by atoms with Crippen LogP contribution in [0.1, 0.15) is 22.8 Å². The molecule has 0 unspecified atom stereocenters. The normalized spacial score (nSPS) is 11.3. The molecule has 0 heterocycles. The topological polar surface area (TPSA) is 86.5 Å². The van der Waals surface area contributed by atoms with Gasteiger partial charge in [0.25, 0.3) is 0 Å². The third-order valence-corrected chi connectivity index (χ3v) is 2.94. The van der Waals surface area contributed by atoms with E-state index >= 15 is 0 Å². The molecule has 0 atom stereocenters. The molecule has 0 bridgehead atoms. The van der Waals surface area contributed by atoms with Crippen molar-refractivity contribution in [3.63, 3.8) is 0 Å². The molecule has 5 nitrogen and oxygen atoms in total. The van der Waals surface area contributed by atoms with E-state index in [0.717, 1.165) is 12.1 Å². The summed E-state index contributed by atoms with van der Waals surface area (Å²) >= 11 is 0. The van der Waals surface area contributed by atoms with Crippen LogP contribution in [-0.2, 0) is 14.8 Å². The Labute approximate surface area is 98.4 Å². The van der Waals surface area contributed by atoms with Crippen molar-refractivity contribution in [3.8, 4) is 0 Å². The number of esters is 1. The zero-order valence-electron chi connectivity index (χ0n) is 9.36. The van der Waals surface area contributed by atoms with Gasteiger partial charge in [-0.3, -0.25) is 0 Å². The van der Waals surface area contributed by atoms with Gasteiger partial charge < -0.3 is 4.74 Å². The minimum Gasteiger partial charge on any atom is -0.462 e. The molecule has 0 radical (unpaired) electrons. The first-order valence-corrected chi connectivity index (χ1v) is 6.32. The average Bonchev–Trinajstić information content (AvgIpc) is 2.20. The van der Waals surface area contributed by atoms with Gasteiger partial charge in [-0.25, -0.2) is 22.7 Å². The van der Waals surface area contributed by atoms with E-state index in [0.29, 0.717) is 0 Å². The number of ether oxygens (including phenoxy) is 1. The monoisotopic (exact) mass is 261 g/mol. The number of primary sulfonamides is 1. The number of benzene rings is 1. The summed E-state index contributed by atoms with van der Waals surface area (Å²) in [7, 11) is -3.99. The molecule has 94 valence electrons. The van der Waals surface area contributed by atoms with Crippen molar-refractivity contribution in [1.82, 2.24) is 0 Å². The van der Waals surface area contributed by atoms with Crippen molar-refractivity contribution >= 4 is 16.0 Å². The summed E-state index contributed by atoms with van der Waals surface area (Å²) in [6.07, 6.45) is 0. The molecule has 0 saturated heterocycles. The Hall–Kier alpha value is -1.47. The van der Waals surface area contributed by atoms with E-state index in [1.165, 1.54) is 6.92 Å². The lowest BCUT2D eigenvalue weighted by molar-refractivity contribution is 0.0520. The molecule has 17 heavy (non-hydrogen) atoms. The zero-order valence-corrected chi connectivity index (χ0v) is 10.2. The molecule has 1 aromatic carbocycles. The Balaban J connectivity index is 3.40. The van der Waals surface area contributed by atoms with Gasteiger partial charge in [-0.05, 0) is 31.5 Å². The number of carbonyl (C=O) groups is 1. The van der Waals surface area contributed by atoms with Gasteiger partial charge in [0.15, 0.2) is 0 Å². The second kappa shape index (κ2) is 4.80. The van der Waals surface area contributed by atoms with Crippen LogP contribution in [0.25, 0.3) is 0 Å². The smallest absolute Gasteiger partial charge is 0.341 e.